The molecule has 0 heterocycles. The minimum Gasteiger partial charge on any atom is -0.444 e. The smallest absolute Gasteiger partial charge is 0.410 e. The third-order valence-electron chi connectivity index (χ3n) is 6.53. The molecule has 0 aromatic heterocycles. The second-order valence-corrected chi connectivity index (χ2v) is 16.5. The minimum absolute atomic E-state index is 0.339. The van der Waals surface area contributed by atoms with Crippen molar-refractivity contribution >= 4 is 24.4 Å². The molecule has 0 aromatic carbocycles. The zero-order chi connectivity index (χ0) is 38.6. The number of nitrogens with zero attached hydrogens (tertiary/aromatic N) is 3. The highest BCUT2D eigenvalue weighted by atomic mass is 16.6. The van der Waals surface area contributed by atoms with Gasteiger partial charge in [-0.15, -0.1) is 0 Å². The number of nitrogens with one attached hydrogen (secondary N) is 2. The van der Waals surface area contributed by atoms with Crippen molar-refractivity contribution in [2.45, 2.75) is 144 Å². The summed E-state index contributed by atoms with van der Waals surface area (Å²) in [5, 5.41) is 6.06. The van der Waals surface area contributed by atoms with Crippen LogP contribution in [0.4, 0.5) is 19.2 Å². The largest absolute Gasteiger partial charge is 0.444 e. The van der Waals surface area contributed by atoms with E-state index in [9.17, 15) is 19.2 Å². The second kappa shape index (κ2) is 22.7. The fourth-order valence-corrected chi connectivity index (χ4v) is 4.44. The van der Waals surface area contributed by atoms with E-state index in [4.69, 9.17) is 24.7 Å². The maximum absolute atomic E-state index is 13.2. The zero-order valence-electron chi connectivity index (χ0n) is 33.5. The lowest BCUT2D eigenvalue weighted by molar-refractivity contribution is 0.0181. The fraction of sp³-hybridized carbons (Fsp3) is 0.889. The number of unbranched alkanes of at least 4 members (excludes halogenated alkanes) is 1. The van der Waals surface area contributed by atoms with Crippen molar-refractivity contribution < 1.29 is 38.1 Å². The van der Waals surface area contributed by atoms with Crippen LogP contribution >= 0.6 is 0 Å². The van der Waals surface area contributed by atoms with E-state index in [2.05, 4.69) is 10.6 Å². The van der Waals surface area contributed by atoms with Crippen molar-refractivity contribution in [3.63, 3.8) is 0 Å². The molecule has 0 radical (unpaired) electrons. The number of hydrogen-bond donors (Lipinski definition) is 3. The van der Waals surface area contributed by atoms with Crippen molar-refractivity contribution in [3.05, 3.63) is 0 Å². The molecular formula is C36H72N6O8. The Kier molecular flexibility index (Phi) is 21.4. The molecule has 0 unspecified atom stereocenters. The first-order valence-electron chi connectivity index (χ1n) is 18.2. The van der Waals surface area contributed by atoms with Gasteiger partial charge in [-0.05, 0) is 141 Å². The van der Waals surface area contributed by atoms with E-state index in [1.54, 1.807) is 35.5 Å². The number of ether oxygens (including phenoxy) is 4. The Hall–Kier alpha value is -3.00. The Bertz CT molecular complexity index is 999. The summed E-state index contributed by atoms with van der Waals surface area (Å²) in [5.41, 5.74) is 3.01. The van der Waals surface area contributed by atoms with Crippen LogP contribution in [0.1, 0.15) is 122 Å². The molecule has 0 aliphatic rings. The average molecular weight is 717 g/mol. The summed E-state index contributed by atoms with van der Waals surface area (Å²) in [6.07, 6.45) is 2.16. The monoisotopic (exact) mass is 717 g/mol. The van der Waals surface area contributed by atoms with Crippen molar-refractivity contribution in [1.29, 1.82) is 0 Å². The minimum atomic E-state index is -0.671. The van der Waals surface area contributed by atoms with Crippen LogP contribution in [0.5, 0.6) is 0 Å². The summed E-state index contributed by atoms with van der Waals surface area (Å²) in [4.78, 5) is 56.2. The molecule has 50 heavy (non-hydrogen) atoms. The van der Waals surface area contributed by atoms with Crippen LogP contribution in [0.15, 0.2) is 0 Å². The topological polar surface area (TPSA) is 165 Å². The van der Waals surface area contributed by atoms with E-state index in [1.807, 2.05) is 62.3 Å². The molecular weight excluding hydrogens is 644 g/mol. The van der Waals surface area contributed by atoms with Gasteiger partial charge in [0.05, 0.1) is 0 Å². The van der Waals surface area contributed by atoms with Crippen LogP contribution in [0.25, 0.3) is 0 Å². The van der Waals surface area contributed by atoms with Gasteiger partial charge >= 0.3 is 24.4 Å². The van der Waals surface area contributed by atoms with E-state index in [0.29, 0.717) is 78.0 Å². The molecule has 0 aromatic rings. The molecule has 0 spiro atoms. The van der Waals surface area contributed by atoms with E-state index < -0.39 is 40.7 Å². The number of carbonyl (C=O) groups excluding carboxylic acids is 4. The van der Waals surface area contributed by atoms with Gasteiger partial charge in [0.15, 0.2) is 0 Å². The molecule has 294 valence electrons. The summed E-state index contributed by atoms with van der Waals surface area (Å²) in [7, 11) is 0. The van der Waals surface area contributed by atoms with Crippen LogP contribution in [0.2, 0.25) is 0 Å². The van der Waals surface area contributed by atoms with Crippen LogP contribution in [0, 0.1) is 0 Å². The summed E-state index contributed by atoms with van der Waals surface area (Å²) in [6.45, 7) is 26.9. The molecule has 0 saturated heterocycles. The second-order valence-electron chi connectivity index (χ2n) is 16.5. The van der Waals surface area contributed by atoms with E-state index in [-0.39, 0.29) is 6.09 Å². The zero-order valence-corrected chi connectivity index (χ0v) is 33.5. The molecule has 0 aliphatic heterocycles. The first kappa shape index (κ1) is 47.0. The van der Waals surface area contributed by atoms with Gasteiger partial charge in [0.1, 0.15) is 22.4 Å². The van der Waals surface area contributed by atoms with Crippen molar-refractivity contribution in [3.8, 4) is 0 Å². The van der Waals surface area contributed by atoms with Gasteiger partial charge in [-0.3, -0.25) is 0 Å². The Labute approximate surface area is 302 Å². The van der Waals surface area contributed by atoms with Crippen molar-refractivity contribution in [2.24, 2.45) is 5.73 Å². The van der Waals surface area contributed by atoms with Crippen LogP contribution in [-0.2, 0) is 18.9 Å². The highest BCUT2D eigenvalue weighted by Crippen LogP contribution is 2.15. The lowest BCUT2D eigenvalue weighted by Crippen LogP contribution is -2.42. The predicted molar refractivity (Wildman–Crippen MR) is 197 cm³/mol. The highest BCUT2D eigenvalue weighted by molar-refractivity contribution is 5.69. The fourth-order valence-electron chi connectivity index (χ4n) is 4.44. The third-order valence-corrected chi connectivity index (χ3v) is 6.53. The van der Waals surface area contributed by atoms with Gasteiger partial charge in [0, 0.05) is 45.8 Å². The summed E-state index contributed by atoms with van der Waals surface area (Å²) >= 11 is 0. The third kappa shape index (κ3) is 26.8. The van der Waals surface area contributed by atoms with Gasteiger partial charge in [0.2, 0.25) is 0 Å². The number of carbonyl (C=O) groups is 4. The van der Waals surface area contributed by atoms with E-state index >= 15 is 0 Å². The predicted octanol–water partition coefficient (Wildman–Crippen LogP) is 6.11. The van der Waals surface area contributed by atoms with Gasteiger partial charge in [-0.1, -0.05) is 0 Å². The highest BCUT2D eigenvalue weighted by Gasteiger charge is 2.26. The molecule has 0 fully saturated rings. The molecule has 14 nitrogen and oxygen atoms in total. The van der Waals surface area contributed by atoms with Crippen LogP contribution < -0.4 is 16.4 Å². The molecule has 0 bridgehead atoms. The van der Waals surface area contributed by atoms with Crippen molar-refractivity contribution in [1.82, 2.24) is 25.3 Å². The van der Waals surface area contributed by atoms with Crippen LogP contribution in [0.3, 0.4) is 0 Å². The molecule has 4 amide bonds. The van der Waals surface area contributed by atoms with Gasteiger partial charge in [-0.25, -0.2) is 19.2 Å². The SMILES string of the molecule is CC(C)(C)OC(=O)NCCCN(CCCCN(CCCN(CCCNCCCN)C(=O)OC(C)(C)C)C(=O)OC(C)(C)C)C(=O)OC(C)(C)C. The lowest BCUT2D eigenvalue weighted by Gasteiger charge is -2.30. The number of amides is 4. The van der Waals surface area contributed by atoms with Crippen LogP contribution in [-0.4, -0.2) is 127 Å². The van der Waals surface area contributed by atoms with E-state index in [0.717, 1.165) is 25.9 Å². The lowest BCUT2D eigenvalue weighted by atomic mass is 10.2. The van der Waals surface area contributed by atoms with Crippen molar-refractivity contribution in [2.75, 3.05) is 65.4 Å². The van der Waals surface area contributed by atoms with Gasteiger partial charge in [0.25, 0.3) is 0 Å². The standard InChI is InChI=1S/C36H72N6O8/c1-33(2,3)47-29(43)39-22-17-26-40(30(44)48-34(4,5)6)23-13-14-24-41(31(45)49-35(7,8)9)27-18-28-42(32(46)50-36(10,11)12)25-16-21-38-20-15-19-37/h38H,13-28,37H2,1-12H3,(H,39,43). The molecule has 4 N–H and O–H groups in total. The Morgan fingerprint density at radius 3 is 1.14 bits per heavy atom. The first-order valence-corrected chi connectivity index (χ1v) is 18.2. The number of rotatable bonds is 20. The maximum Gasteiger partial charge on any atom is 0.410 e. The first-order chi connectivity index (χ1) is 22.9. The quantitative estimate of drug-likeness (QED) is 0.0989. The average Bonchev–Trinajstić information content (AvgIpc) is 2.92. The summed E-state index contributed by atoms with van der Waals surface area (Å²) in [6, 6.07) is 0. The normalized spacial score (nSPS) is 12.2. The van der Waals surface area contributed by atoms with Gasteiger partial charge < -0.3 is 50.0 Å². The maximum atomic E-state index is 13.2. The Morgan fingerprint density at radius 1 is 0.460 bits per heavy atom. The molecule has 0 aliphatic carbocycles. The Balaban J connectivity index is 5.38. The molecule has 0 rings (SSSR count). The number of nitrogens with two attached hydrogens (primary N) is 1. The molecule has 0 saturated carbocycles. The summed E-state index contributed by atoms with van der Waals surface area (Å²) < 4.78 is 22.3. The number of hydrogen-bond acceptors (Lipinski definition) is 10. The summed E-state index contributed by atoms with van der Waals surface area (Å²) in [5.74, 6) is 0. The number of alkyl carbamates (subject to hydrolysis) is 1. The Morgan fingerprint density at radius 2 is 0.780 bits per heavy atom. The van der Waals surface area contributed by atoms with E-state index in [1.165, 1.54) is 0 Å². The molecule has 0 atom stereocenters. The van der Waals surface area contributed by atoms with Gasteiger partial charge in [-0.2, -0.15) is 0 Å². The molecule has 14 heteroatoms.